The molecule has 4 nitrogen and oxygen atoms in total. The molecule has 0 bridgehead atoms. The Kier molecular flexibility index (Phi) is 7.43. The van der Waals surface area contributed by atoms with Gasteiger partial charge in [0.1, 0.15) is 6.04 Å². The summed E-state index contributed by atoms with van der Waals surface area (Å²) in [5.41, 5.74) is 0.934. The molecule has 0 amide bonds. The second-order valence-corrected chi connectivity index (χ2v) is 7.43. The number of esters is 1. The van der Waals surface area contributed by atoms with Crippen molar-refractivity contribution in [3.8, 4) is 0 Å². The molecule has 0 aliphatic carbocycles. The van der Waals surface area contributed by atoms with Crippen molar-refractivity contribution in [3.05, 3.63) is 57.8 Å². The number of nitrogens with one attached hydrogen (secondary N) is 1. The van der Waals surface area contributed by atoms with Gasteiger partial charge >= 0.3 is 5.97 Å². The Morgan fingerprint density at radius 2 is 1.96 bits per heavy atom. The SMILES string of the molecule is Cc1ccc(CNC(C(=O)OCCCN(C)C)c2ccccc2)s1. The molecule has 1 aromatic carbocycles. The predicted octanol–water partition coefficient (Wildman–Crippen LogP) is 3.38. The highest BCUT2D eigenvalue weighted by Crippen LogP contribution is 2.19. The summed E-state index contributed by atoms with van der Waals surface area (Å²) in [6.45, 7) is 4.10. The first-order chi connectivity index (χ1) is 11.6. The lowest BCUT2D eigenvalue weighted by Crippen LogP contribution is -2.30. The van der Waals surface area contributed by atoms with Gasteiger partial charge in [0, 0.05) is 22.8 Å². The van der Waals surface area contributed by atoms with E-state index < -0.39 is 6.04 Å². The summed E-state index contributed by atoms with van der Waals surface area (Å²) in [7, 11) is 4.03. The third kappa shape index (κ3) is 6.07. The molecule has 0 aliphatic heterocycles. The Hall–Kier alpha value is -1.69. The van der Waals surface area contributed by atoms with Crippen LogP contribution >= 0.6 is 11.3 Å². The van der Waals surface area contributed by atoms with Crippen molar-refractivity contribution in [1.82, 2.24) is 10.2 Å². The molecule has 1 aromatic heterocycles. The molecule has 2 rings (SSSR count). The number of rotatable bonds is 9. The van der Waals surface area contributed by atoms with Gasteiger partial charge in [0.05, 0.1) is 6.61 Å². The van der Waals surface area contributed by atoms with Crippen LogP contribution in [0.25, 0.3) is 0 Å². The molecule has 0 radical (unpaired) electrons. The van der Waals surface area contributed by atoms with E-state index in [9.17, 15) is 4.79 Å². The molecule has 0 spiro atoms. The van der Waals surface area contributed by atoms with Gasteiger partial charge in [-0.1, -0.05) is 30.3 Å². The highest BCUT2D eigenvalue weighted by Gasteiger charge is 2.21. The average molecular weight is 346 g/mol. The molecule has 0 saturated heterocycles. The summed E-state index contributed by atoms with van der Waals surface area (Å²) in [5.74, 6) is -0.215. The van der Waals surface area contributed by atoms with E-state index in [2.05, 4.69) is 29.3 Å². The third-order valence-corrected chi connectivity index (χ3v) is 4.64. The van der Waals surface area contributed by atoms with Gasteiger partial charge in [-0.3, -0.25) is 5.32 Å². The Balaban J connectivity index is 1.96. The summed E-state index contributed by atoms with van der Waals surface area (Å²) in [5, 5.41) is 3.34. The summed E-state index contributed by atoms with van der Waals surface area (Å²) in [4.78, 5) is 17.1. The molecule has 0 fully saturated rings. The summed E-state index contributed by atoms with van der Waals surface area (Å²) in [6, 6.07) is 13.5. The Bertz CT molecular complexity index is 625. The first-order valence-corrected chi connectivity index (χ1v) is 9.03. The molecule has 1 atom stereocenters. The van der Waals surface area contributed by atoms with E-state index in [-0.39, 0.29) is 5.97 Å². The second-order valence-electron chi connectivity index (χ2n) is 6.06. The summed E-state index contributed by atoms with van der Waals surface area (Å²) < 4.78 is 5.48. The van der Waals surface area contributed by atoms with Crippen LogP contribution < -0.4 is 5.32 Å². The second kappa shape index (κ2) is 9.57. The topological polar surface area (TPSA) is 41.6 Å². The first-order valence-electron chi connectivity index (χ1n) is 8.21. The molecule has 2 aromatic rings. The number of thiophene rings is 1. The Morgan fingerprint density at radius 3 is 2.58 bits per heavy atom. The number of benzene rings is 1. The normalized spacial score (nSPS) is 12.3. The minimum atomic E-state index is -0.437. The summed E-state index contributed by atoms with van der Waals surface area (Å²) in [6.07, 6.45) is 0.838. The molecule has 1 heterocycles. The fourth-order valence-electron chi connectivity index (χ4n) is 2.40. The lowest BCUT2D eigenvalue weighted by molar-refractivity contribution is -0.146. The fourth-order valence-corrected chi connectivity index (χ4v) is 3.24. The van der Waals surface area contributed by atoms with Crippen LogP contribution in [0.2, 0.25) is 0 Å². The number of ether oxygens (including phenoxy) is 1. The van der Waals surface area contributed by atoms with Gasteiger partial charge in [0.15, 0.2) is 0 Å². The van der Waals surface area contributed by atoms with Crippen molar-refractivity contribution in [3.63, 3.8) is 0 Å². The smallest absolute Gasteiger partial charge is 0.327 e. The van der Waals surface area contributed by atoms with E-state index in [1.807, 2.05) is 44.4 Å². The van der Waals surface area contributed by atoms with E-state index in [1.165, 1.54) is 9.75 Å². The van der Waals surface area contributed by atoms with Gasteiger partial charge in [-0.15, -0.1) is 11.3 Å². The number of nitrogens with zero attached hydrogens (tertiary/aromatic N) is 1. The number of aryl methyl sites for hydroxylation is 1. The van der Waals surface area contributed by atoms with Crippen molar-refractivity contribution in [2.45, 2.75) is 25.9 Å². The van der Waals surface area contributed by atoms with Gasteiger partial charge in [0.2, 0.25) is 0 Å². The lowest BCUT2D eigenvalue weighted by Gasteiger charge is -2.18. The van der Waals surface area contributed by atoms with Crippen molar-refractivity contribution >= 4 is 17.3 Å². The molecule has 5 heteroatoms. The Labute approximate surface area is 148 Å². The van der Waals surface area contributed by atoms with Crippen LogP contribution in [-0.4, -0.2) is 38.1 Å². The van der Waals surface area contributed by atoms with Gasteiger partial charge in [-0.25, -0.2) is 4.79 Å². The zero-order valence-electron chi connectivity index (χ0n) is 14.6. The number of hydrogen-bond donors (Lipinski definition) is 1. The van der Waals surface area contributed by atoms with Crippen LogP contribution in [0.15, 0.2) is 42.5 Å². The number of carbonyl (C=O) groups is 1. The number of carbonyl (C=O) groups excluding carboxylic acids is 1. The van der Waals surface area contributed by atoms with E-state index in [0.29, 0.717) is 13.2 Å². The van der Waals surface area contributed by atoms with Crippen molar-refractivity contribution in [2.24, 2.45) is 0 Å². The minimum absolute atomic E-state index is 0.215. The fraction of sp³-hybridized carbons (Fsp3) is 0.421. The molecule has 0 aliphatic rings. The Morgan fingerprint density at radius 1 is 1.21 bits per heavy atom. The molecule has 1 unspecified atom stereocenters. The average Bonchev–Trinajstić information content (AvgIpc) is 2.98. The van der Waals surface area contributed by atoms with E-state index in [4.69, 9.17) is 4.74 Å². The van der Waals surface area contributed by atoms with E-state index >= 15 is 0 Å². The molecular formula is C19H26N2O2S. The maximum Gasteiger partial charge on any atom is 0.327 e. The van der Waals surface area contributed by atoms with Gasteiger partial charge in [-0.05, 0) is 45.1 Å². The zero-order chi connectivity index (χ0) is 17.4. The highest BCUT2D eigenvalue weighted by atomic mass is 32.1. The minimum Gasteiger partial charge on any atom is -0.464 e. The first kappa shape index (κ1) is 18.6. The maximum absolute atomic E-state index is 12.5. The molecule has 130 valence electrons. The van der Waals surface area contributed by atoms with E-state index in [1.54, 1.807) is 11.3 Å². The summed E-state index contributed by atoms with van der Waals surface area (Å²) >= 11 is 1.74. The van der Waals surface area contributed by atoms with Crippen LogP contribution in [0.4, 0.5) is 0 Å². The van der Waals surface area contributed by atoms with Gasteiger partial charge < -0.3 is 9.64 Å². The number of hydrogen-bond acceptors (Lipinski definition) is 5. The maximum atomic E-state index is 12.5. The molecule has 24 heavy (non-hydrogen) atoms. The molecule has 0 saturated carbocycles. The largest absolute Gasteiger partial charge is 0.464 e. The van der Waals surface area contributed by atoms with Crippen LogP contribution in [0.1, 0.15) is 27.8 Å². The van der Waals surface area contributed by atoms with Crippen LogP contribution in [0, 0.1) is 6.92 Å². The molecule has 1 N–H and O–H groups in total. The standard InChI is InChI=1S/C19H26N2O2S/c1-15-10-11-17(24-15)14-20-18(16-8-5-4-6-9-16)19(22)23-13-7-12-21(2)3/h4-6,8-11,18,20H,7,12-14H2,1-3H3. The zero-order valence-corrected chi connectivity index (χ0v) is 15.4. The van der Waals surface area contributed by atoms with E-state index in [0.717, 1.165) is 18.5 Å². The third-order valence-electron chi connectivity index (χ3n) is 3.64. The van der Waals surface area contributed by atoms with Crippen molar-refractivity contribution in [1.29, 1.82) is 0 Å². The van der Waals surface area contributed by atoms with Crippen LogP contribution in [0.5, 0.6) is 0 Å². The van der Waals surface area contributed by atoms with Gasteiger partial charge in [-0.2, -0.15) is 0 Å². The molecular weight excluding hydrogens is 320 g/mol. The lowest BCUT2D eigenvalue weighted by atomic mass is 10.1. The van der Waals surface area contributed by atoms with Crippen molar-refractivity contribution < 1.29 is 9.53 Å². The van der Waals surface area contributed by atoms with Crippen LogP contribution in [-0.2, 0) is 16.1 Å². The predicted molar refractivity (Wildman–Crippen MR) is 99.2 cm³/mol. The van der Waals surface area contributed by atoms with Crippen LogP contribution in [0.3, 0.4) is 0 Å². The highest BCUT2D eigenvalue weighted by molar-refractivity contribution is 7.11. The van der Waals surface area contributed by atoms with Crippen molar-refractivity contribution in [2.75, 3.05) is 27.2 Å². The monoisotopic (exact) mass is 346 g/mol. The van der Waals surface area contributed by atoms with Gasteiger partial charge in [0.25, 0.3) is 0 Å². The quantitative estimate of drug-likeness (QED) is 0.558.